The molecule has 0 aliphatic heterocycles. The Balaban J connectivity index is 2.10. The number of H-pyrrole nitrogens is 1. The summed E-state index contributed by atoms with van der Waals surface area (Å²) in [5.41, 5.74) is 0.584. The first kappa shape index (κ1) is 22.3. The number of benzene rings is 2. The molecule has 0 bridgehead atoms. The number of nitrogens with one attached hydrogen (secondary N) is 1. The van der Waals surface area contributed by atoms with Crippen LogP contribution < -0.4 is 16.0 Å². The van der Waals surface area contributed by atoms with Gasteiger partial charge in [-0.1, -0.05) is 26.0 Å². The SMILES string of the molecule is CCN(CC)[C@H](Cn1c(=O)[nH]c2cc(C(=O)OC)ccc2c1=O)c1cccc(OC)c1. The molecule has 8 heteroatoms. The van der Waals surface area contributed by atoms with Gasteiger partial charge in [-0.15, -0.1) is 0 Å². The highest BCUT2D eigenvalue weighted by atomic mass is 16.5. The number of likely N-dealkylation sites (N-methyl/N-ethyl adjacent to an activating group) is 1. The average molecular weight is 425 g/mol. The van der Waals surface area contributed by atoms with Gasteiger partial charge in [-0.25, -0.2) is 9.59 Å². The second-order valence-electron chi connectivity index (χ2n) is 7.11. The lowest BCUT2D eigenvalue weighted by Gasteiger charge is -2.30. The Morgan fingerprint density at radius 1 is 1.10 bits per heavy atom. The highest BCUT2D eigenvalue weighted by Gasteiger charge is 2.22. The van der Waals surface area contributed by atoms with Crippen LogP contribution in [0.4, 0.5) is 0 Å². The Morgan fingerprint density at radius 2 is 1.84 bits per heavy atom. The molecule has 3 rings (SSSR count). The number of nitrogens with zero attached hydrogens (tertiary/aromatic N) is 2. The fourth-order valence-electron chi connectivity index (χ4n) is 3.78. The van der Waals surface area contributed by atoms with Gasteiger partial charge in [-0.3, -0.25) is 14.3 Å². The summed E-state index contributed by atoms with van der Waals surface area (Å²) in [6, 6.07) is 12.0. The van der Waals surface area contributed by atoms with Gasteiger partial charge in [-0.05, 0) is 49.0 Å². The Hall–Kier alpha value is -3.39. The number of aromatic nitrogens is 2. The first-order chi connectivity index (χ1) is 14.9. The Labute approximate surface area is 180 Å². The van der Waals surface area contributed by atoms with Gasteiger partial charge in [-0.2, -0.15) is 0 Å². The van der Waals surface area contributed by atoms with Gasteiger partial charge in [0.1, 0.15) is 5.75 Å². The highest BCUT2D eigenvalue weighted by Crippen LogP contribution is 2.25. The number of hydrogen-bond donors (Lipinski definition) is 1. The minimum Gasteiger partial charge on any atom is -0.497 e. The molecule has 0 fully saturated rings. The molecular weight excluding hydrogens is 398 g/mol. The molecule has 164 valence electrons. The highest BCUT2D eigenvalue weighted by molar-refractivity contribution is 5.93. The van der Waals surface area contributed by atoms with E-state index in [9.17, 15) is 14.4 Å². The molecule has 0 saturated heterocycles. The van der Waals surface area contributed by atoms with Crippen LogP contribution in [0.3, 0.4) is 0 Å². The molecule has 0 unspecified atom stereocenters. The van der Waals surface area contributed by atoms with E-state index in [1.807, 2.05) is 38.1 Å². The molecule has 1 N–H and O–H groups in total. The maximum atomic E-state index is 13.2. The number of aromatic amines is 1. The first-order valence-corrected chi connectivity index (χ1v) is 10.2. The van der Waals surface area contributed by atoms with Crippen LogP contribution in [0.5, 0.6) is 5.75 Å². The van der Waals surface area contributed by atoms with Crippen LogP contribution in [0.1, 0.15) is 35.8 Å². The maximum absolute atomic E-state index is 13.2. The summed E-state index contributed by atoms with van der Waals surface area (Å²) in [6.45, 7) is 5.76. The van der Waals surface area contributed by atoms with Gasteiger partial charge >= 0.3 is 11.7 Å². The maximum Gasteiger partial charge on any atom is 0.337 e. The van der Waals surface area contributed by atoms with Crippen LogP contribution in [0.25, 0.3) is 10.9 Å². The minimum absolute atomic E-state index is 0.178. The van der Waals surface area contributed by atoms with Gasteiger partial charge in [0.2, 0.25) is 0 Å². The number of carbonyl (C=O) groups excluding carboxylic acids is 1. The molecule has 1 atom stereocenters. The van der Waals surface area contributed by atoms with E-state index in [0.717, 1.165) is 18.7 Å². The zero-order chi connectivity index (χ0) is 22.5. The molecule has 0 aliphatic carbocycles. The molecule has 0 radical (unpaired) electrons. The number of methoxy groups -OCH3 is 2. The molecule has 0 saturated carbocycles. The van der Waals surface area contributed by atoms with Crippen molar-refractivity contribution < 1.29 is 14.3 Å². The number of fused-ring (bicyclic) bond motifs is 1. The van der Waals surface area contributed by atoms with Crippen molar-refractivity contribution in [2.45, 2.75) is 26.4 Å². The van der Waals surface area contributed by atoms with Gasteiger partial charge < -0.3 is 14.5 Å². The van der Waals surface area contributed by atoms with Crippen LogP contribution in [0.2, 0.25) is 0 Å². The lowest BCUT2D eigenvalue weighted by molar-refractivity contribution is 0.0601. The topological polar surface area (TPSA) is 93.6 Å². The van der Waals surface area contributed by atoms with Crippen LogP contribution in [0, 0.1) is 0 Å². The smallest absolute Gasteiger partial charge is 0.337 e. The van der Waals surface area contributed by atoms with E-state index in [1.165, 1.54) is 29.9 Å². The predicted molar refractivity (Wildman–Crippen MR) is 119 cm³/mol. The Kier molecular flexibility index (Phi) is 6.91. The third-order valence-corrected chi connectivity index (χ3v) is 5.49. The zero-order valence-electron chi connectivity index (χ0n) is 18.2. The number of esters is 1. The number of hydrogen-bond acceptors (Lipinski definition) is 6. The molecule has 0 aliphatic rings. The van der Waals surface area contributed by atoms with E-state index in [-0.39, 0.29) is 18.2 Å². The fraction of sp³-hybridized carbons (Fsp3) is 0.348. The summed E-state index contributed by atoms with van der Waals surface area (Å²) >= 11 is 0. The Morgan fingerprint density at radius 3 is 2.48 bits per heavy atom. The first-order valence-electron chi connectivity index (χ1n) is 10.2. The quantitative estimate of drug-likeness (QED) is 0.558. The molecule has 0 spiro atoms. The lowest BCUT2D eigenvalue weighted by atomic mass is 10.0. The molecule has 8 nitrogen and oxygen atoms in total. The van der Waals surface area contributed by atoms with Crippen LogP contribution in [-0.4, -0.2) is 47.7 Å². The van der Waals surface area contributed by atoms with Crippen LogP contribution >= 0.6 is 0 Å². The molecule has 2 aromatic carbocycles. The molecule has 1 heterocycles. The molecule has 1 aromatic heterocycles. The van der Waals surface area contributed by atoms with Crippen molar-refractivity contribution in [2.75, 3.05) is 27.3 Å². The number of ether oxygens (including phenoxy) is 2. The van der Waals surface area contributed by atoms with Gasteiger partial charge in [0.15, 0.2) is 0 Å². The third-order valence-electron chi connectivity index (χ3n) is 5.49. The van der Waals surface area contributed by atoms with E-state index in [4.69, 9.17) is 9.47 Å². The second kappa shape index (κ2) is 9.61. The van der Waals surface area contributed by atoms with Crippen LogP contribution in [0.15, 0.2) is 52.1 Å². The third kappa shape index (κ3) is 4.54. The minimum atomic E-state index is -0.536. The van der Waals surface area contributed by atoms with Crippen molar-refractivity contribution >= 4 is 16.9 Å². The summed E-state index contributed by atoms with van der Waals surface area (Å²) in [6.07, 6.45) is 0. The van der Waals surface area contributed by atoms with Crippen molar-refractivity contribution in [2.24, 2.45) is 0 Å². The lowest BCUT2D eigenvalue weighted by Crippen LogP contribution is -2.41. The van der Waals surface area contributed by atoms with E-state index < -0.39 is 17.2 Å². The largest absolute Gasteiger partial charge is 0.497 e. The van der Waals surface area contributed by atoms with Crippen molar-refractivity contribution in [1.29, 1.82) is 0 Å². The predicted octanol–water partition coefficient (Wildman–Crippen LogP) is 2.57. The van der Waals surface area contributed by atoms with Crippen molar-refractivity contribution in [1.82, 2.24) is 14.5 Å². The Bertz CT molecular complexity index is 1190. The van der Waals surface area contributed by atoms with Gasteiger partial charge in [0.05, 0.1) is 43.3 Å². The van der Waals surface area contributed by atoms with Crippen molar-refractivity contribution in [3.63, 3.8) is 0 Å². The monoisotopic (exact) mass is 425 g/mol. The number of rotatable bonds is 8. The zero-order valence-corrected chi connectivity index (χ0v) is 18.2. The second-order valence-corrected chi connectivity index (χ2v) is 7.11. The van der Waals surface area contributed by atoms with Crippen LogP contribution in [-0.2, 0) is 11.3 Å². The van der Waals surface area contributed by atoms with Gasteiger partial charge in [0, 0.05) is 0 Å². The molecule has 3 aromatic rings. The van der Waals surface area contributed by atoms with E-state index in [0.29, 0.717) is 16.7 Å². The number of carbonyl (C=O) groups is 1. The molecular formula is C23H27N3O5. The standard InChI is InChI=1S/C23H27N3O5/c1-5-25(6-2)20(15-8-7-9-17(12-15)30-3)14-26-21(27)18-11-10-16(22(28)31-4)13-19(18)24-23(26)29/h7-13,20H,5-6,14H2,1-4H3,(H,24,29)/t20-/m1/s1. The molecule has 31 heavy (non-hydrogen) atoms. The summed E-state index contributed by atoms with van der Waals surface area (Å²) in [7, 11) is 2.88. The van der Waals surface area contributed by atoms with Gasteiger partial charge in [0.25, 0.3) is 5.56 Å². The summed E-state index contributed by atoms with van der Waals surface area (Å²) in [4.78, 5) is 42.7. The molecule has 0 amide bonds. The van der Waals surface area contributed by atoms with E-state index in [2.05, 4.69) is 9.88 Å². The average Bonchev–Trinajstić information content (AvgIpc) is 2.80. The normalized spacial score (nSPS) is 12.2. The van der Waals surface area contributed by atoms with E-state index >= 15 is 0 Å². The van der Waals surface area contributed by atoms with Crippen molar-refractivity contribution in [3.05, 3.63) is 74.4 Å². The van der Waals surface area contributed by atoms with Crippen molar-refractivity contribution in [3.8, 4) is 5.75 Å². The summed E-state index contributed by atoms with van der Waals surface area (Å²) < 4.78 is 11.3. The fourth-order valence-corrected chi connectivity index (χ4v) is 3.78. The summed E-state index contributed by atoms with van der Waals surface area (Å²) in [5, 5.41) is 0.330. The summed E-state index contributed by atoms with van der Waals surface area (Å²) in [5.74, 6) is 0.177. The van der Waals surface area contributed by atoms with E-state index in [1.54, 1.807) is 7.11 Å².